The minimum absolute atomic E-state index is 0.313. The Kier molecular flexibility index (Phi) is 8.66. The molecule has 6 rings (SSSR count). The van der Waals surface area contributed by atoms with Gasteiger partial charge < -0.3 is 16.4 Å². The number of benzene rings is 3. The summed E-state index contributed by atoms with van der Waals surface area (Å²) in [5.41, 5.74) is 9.26. The standard InChI is InChI=1S/C31H21F2N7O2.C2H6/c32-22-7-4-8-23(33)26(22)30(42)36-21-6-3-5-19(17-21)28-27(25-9-1-2-16-40(25)39-28)24-14-15-35-31(38-24)37-20-12-10-18(11-13-20)29(34)41;1-2/h1-17H,(H2,34,41)(H,36,42)(H,35,37,38);1-2H3. The fourth-order valence-electron chi connectivity index (χ4n) is 4.51. The molecule has 0 aliphatic rings. The Bertz CT molecular complexity index is 1950. The van der Waals surface area contributed by atoms with Crippen LogP contribution in [0.4, 0.5) is 26.1 Å². The number of carbonyl (C=O) groups excluding carboxylic acids is 2. The molecular formula is C33H27F2N7O2. The van der Waals surface area contributed by atoms with E-state index in [4.69, 9.17) is 15.8 Å². The number of anilines is 3. The van der Waals surface area contributed by atoms with Crippen molar-refractivity contribution < 1.29 is 18.4 Å². The summed E-state index contributed by atoms with van der Waals surface area (Å²) in [4.78, 5) is 33.1. The second-order valence-electron chi connectivity index (χ2n) is 9.22. The number of hydrogen-bond acceptors (Lipinski definition) is 6. The number of amides is 2. The van der Waals surface area contributed by atoms with Gasteiger partial charge in [-0.2, -0.15) is 5.10 Å². The molecule has 0 saturated carbocycles. The van der Waals surface area contributed by atoms with Gasteiger partial charge in [0, 0.05) is 34.9 Å². The van der Waals surface area contributed by atoms with Crippen LogP contribution in [-0.4, -0.2) is 31.4 Å². The van der Waals surface area contributed by atoms with Gasteiger partial charge >= 0.3 is 0 Å². The molecule has 44 heavy (non-hydrogen) atoms. The molecule has 3 aromatic heterocycles. The average molecular weight is 592 g/mol. The molecule has 9 nitrogen and oxygen atoms in total. The predicted octanol–water partition coefficient (Wildman–Crippen LogP) is 6.86. The SMILES string of the molecule is CC.NC(=O)c1ccc(Nc2nccc(-c3c(-c4cccc(NC(=O)c5c(F)cccc5F)c4)nn4ccccc34)n2)cc1. The lowest BCUT2D eigenvalue weighted by molar-refractivity contribution is 0.0996. The van der Waals surface area contributed by atoms with E-state index in [9.17, 15) is 18.4 Å². The zero-order valence-electron chi connectivity index (χ0n) is 23.8. The van der Waals surface area contributed by atoms with Crippen LogP contribution in [0.25, 0.3) is 28.0 Å². The molecule has 0 saturated heterocycles. The molecule has 4 N–H and O–H groups in total. The van der Waals surface area contributed by atoms with Crippen LogP contribution < -0.4 is 16.4 Å². The quantitative estimate of drug-likeness (QED) is 0.186. The van der Waals surface area contributed by atoms with Gasteiger partial charge in [0.05, 0.1) is 16.8 Å². The number of nitrogens with one attached hydrogen (secondary N) is 2. The highest BCUT2D eigenvalue weighted by Crippen LogP contribution is 2.35. The highest BCUT2D eigenvalue weighted by atomic mass is 19.1. The first-order chi connectivity index (χ1) is 21.4. The maximum absolute atomic E-state index is 14.2. The van der Waals surface area contributed by atoms with Gasteiger partial charge in [0.2, 0.25) is 11.9 Å². The Morgan fingerprint density at radius 2 is 1.57 bits per heavy atom. The van der Waals surface area contributed by atoms with Gasteiger partial charge in [-0.3, -0.25) is 9.59 Å². The third-order valence-corrected chi connectivity index (χ3v) is 6.46. The Hall–Kier alpha value is -5.97. The molecular weight excluding hydrogens is 564 g/mol. The third kappa shape index (κ3) is 6.12. The molecule has 11 heteroatoms. The molecule has 3 heterocycles. The van der Waals surface area contributed by atoms with E-state index in [-0.39, 0.29) is 0 Å². The van der Waals surface area contributed by atoms with E-state index in [0.29, 0.717) is 45.4 Å². The van der Waals surface area contributed by atoms with Crippen LogP contribution in [0.1, 0.15) is 34.6 Å². The second-order valence-corrected chi connectivity index (χ2v) is 9.22. The topological polar surface area (TPSA) is 127 Å². The van der Waals surface area contributed by atoms with Crippen molar-refractivity contribution in [3.8, 4) is 22.5 Å². The van der Waals surface area contributed by atoms with Gasteiger partial charge in [-0.25, -0.2) is 23.3 Å². The van der Waals surface area contributed by atoms with E-state index in [1.54, 1.807) is 65.4 Å². The van der Waals surface area contributed by atoms with E-state index in [0.717, 1.165) is 17.6 Å². The first kappa shape index (κ1) is 29.5. The van der Waals surface area contributed by atoms with Gasteiger partial charge in [0.25, 0.3) is 5.91 Å². The molecule has 3 aromatic carbocycles. The number of nitrogens with zero attached hydrogens (tertiary/aromatic N) is 4. The maximum Gasteiger partial charge on any atom is 0.261 e. The van der Waals surface area contributed by atoms with Crippen LogP contribution in [0, 0.1) is 11.6 Å². The summed E-state index contributed by atoms with van der Waals surface area (Å²) >= 11 is 0. The Morgan fingerprint density at radius 1 is 0.841 bits per heavy atom. The minimum atomic E-state index is -0.955. The summed E-state index contributed by atoms with van der Waals surface area (Å²) in [6.07, 6.45) is 3.41. The number of fused-ring (bicyclic) bond motifs is 1. The normalized spacial score (nSPS) is 10.5. The fourth-order valence-corrected chi connectivity index (χ4v) is 4.51. The predicted molar refractivity (Wildman–Crippen MR) is 166 cm³/mol. The van der Waals surface area contributed by atoms with Gasteiger partial charge in [0.15, 0.2) is 0 Å². The van der Waals surface area contributed by atoms with Crippen LogP contribution in [0.5, 0.6) is 0 Å². The molecule has 0 radical (unpaired) electrons. The molecule has 0 bridgehead atoms. The average Bonchev–Trinajstić information content (AvgIpc) is 3.42. The molecule has 220 valence electrons. The van der Waals surface area contributed by atoms with Gasteiger partial charge in [0.1, 0.15) is 22.9 Å². The largest absolute Gasteiger partial charge is 0.366 e. The summed E-state index contributed by atoms with van der Waals surface area (Å²) in [5, 5.41) is 10.5. The van der Waals surface area contributed by atoms with Crippen molar-refractivity contribution in [2.45, 2.75) is 13.8 Å². The molecule has 0 fully saturated rings. The lowest BCUT2D eigenvalue weighted by atomic mass is 10.0. The lowest BCUT2D eigenvalue weighted by Crippen LogP contribution is -2.15. The number of aromatic nitrogens is 4. The van der Waals surface area contributed by atoms with Crippen molar-refractivity contribution in [1.82, 2.24) is 19.6 Å². The summed E-state index contributed by atoms with van der Waals surface area (Å²) in [6.45, 7) is 4.00. The lowest BCUT2D eigenvalue weighted by Gasteiger charge is -2.10. The van der Waals surface area contributed by atoms with Gasteiger partial charge in [-0.05, 0) is 66.7 Å². The van der Waals surface area contributed by atoms with Gasteiger partial charge in [-0.1, -0.05) is 38.1 Å². The number of primary amides is 1. The van der Waals surface area contributed by atoms with Crippen molar-refractivity contribution in [2.24, 2.45) is 5.73 Å². The fraction of sp³-hybridized carbons (Fsp3) is 0.0606. The van der Waals surface area contributed by atoms with Crippen molar-refractivity contribution in [2.75, 3.05) is 10.6 Å². The van der Waals surface area contributed by atoms with Crippen LogP contribution >= 0.6 is 0 Å². The number of pyridine rings is 1. The summed E-state index contributed by atoms with van der Waals surface area (Å²) in [5.74, 6) is -3.03. The van der Waals surface area contributed by atoms with Crippen molar-refractivity contribution in [1.29, 1.82) is 0 Å². The second kappa shape index (κ2) is 12.9. The zero-order chi connectivity index (χ0) is 31.2. The maximum atomic E-state index is 14.2. The van der Waals surface area contributed by atoms with Crippen LogP contribution in [-0.2, 0) is 0 Å². The van der Waals surface area contributed by atoms with Gasteiger partial charge in [-0.15, -0.1) is 0 Å². The minimum Gasteiger partial charge on any atom is -0.366 e. The molecule has 0 aliphatic carbocycles. The Balaban J connectivity index is 0.00000188. The van der Waals surface area contributed by atoms with Crippen LogP contribution in [0.15, 0.2) is 103 Å². The van der Waals surface area contributed by atoms with Crippen molar-refractivity contribution >= 4 is 34.7 Å². The van der Waals surface area contributed by atoms with E-state index >= 15 is 0 Å². The zero-order valence-corrected chi connectivity index (χ0v) is 23.8. The van der Waals surface area contributed by atoms with Crippen LogP contribution in [0.2, 0.25) is 0 Å². The molecule has 0 atom stereocenters. The summed E-state index contributed by atoms with van der Waals surface area (Å²) in [6, 6.07) is 24.0. The first-order valence-electron chi connectivity index (χ1n) is 13.7. The number of nitrogens with two attached hydrogens (primary N) is 1. The number of hydrogen-bond donors (Lipinski definition) is 3. The number of rotatable bonds is 7. The van der Waals surface area contributed by atoms with Crippen molar-refractivity contribution in [3.05, 3.63) is 126 Å². The summed E-state index contributed by atoms with van der Waals surface area (Å²) < 4.78 is 30.1. The molecule has 0 spiro atoms. The summed E-state index contributed by atoms with van der Waals surface area (Å²) in [7, 11) is 0. The molecule has 0 unspecified atom stereocenters. The molecule has 0 aliphatic heterocycles. The highest BCUT2D eigenvalue weighted by Gasteiger charge is 2.20. The Morgan fingerprint density at radius 3 is 2.30 bits per heavy atom. The van der Waals surface area contributed by atoms with E-state index in [1.165, 1.54) is 6.07 Å². The Labute approximate surface area is 251 Å². The van der Waals surface area contributed by atoms with Crippen molar-refractivity contribution in [3.63, 3.8) is 0 Å². The third-order valence-electron chi connectivity index (χ3n) is 6.46. The van der Waals surface area contributed by atoms with Crippen LogP contribution in [0.3, 0.4) is 0 Å². The monoisotopic (exact) mass is 591 g/mol. The van der Waals surface area contributed by atoms with E-state index in [2.05, 4.69) is 15.6 Å². The first-order valence-corrected chi connectivity index (χ1v) is 13.7. The smallest absolute Gasteiger partial charge is 0.261 e. The number of carbonyl (C=O) groups is 2. The van der Waals surface area contributed by atoms with E-state index < -0.39 is 29.0 Å². The van der Waals surface area contributed by atoms with E-state index in [1.807, 2.05) is 38.1 Å². The molecule has 2 amide bonds. The number of halogens is 2. The molecule has 6 aromatic rings. The highest BCUT2D eigenvalue weighted by molar-refractivity contribution is 6.05.